The average molecular weight is 489 g/mol. The van der Waals surface area contributed by atoms with E-state index in [1.807, 2.05) is 26.0 Å². The molecule has 6 nitrogen and oxygen atoms in total. The van der Waals surface area contributed by atoms with Crippen LogP contribution in [0.1, 0.15) is 39.9 Å². The number of halogens is 1. The van der Waals surface area contributed by atoms with Gasteiger partial charge in [-0.3, -0.25) is 9.80 Å². The van der Waals surface area contributed by atoms with Crippen LogP contribution in [0, 0.1) is 19.7 Å². The van der Waals surface area contributed by atoms with Crippen LogP contribution in [-0.4, -0.2) is 47.3 Å². The van der Waals surface area contributed by atoms with E-state index in [4.69, 9.17) is 9.84 Å². The molecular formula is C29H29FN2O4. The van der Waals surface area contributed by atoms with Crippen LogP contribution in [0.4, 0.5) is 14.9 Å². The van der Waals surface area contributed by atoms with Crippen LogP contribution in [0.25, 0.3) is 11.1 Å². The number of carboxylic acids is 1. The number of aromatic carboxylic acids is 1. The predicted molar refractivity (Wildman–Crippen MR) is 136 cm³/mol. The maximum absolute atomic E-state index is 14.4. The normalized spacial score (nSPS) is 17.4. The van der Waals surface area contributed by atoms with Crippen molar-refractivity contribution in [3.05, 3.63) is 88.7 Å². The number of ether oxygens (including phenoxy) is 1. The third-order valence-corrected chi connectivity index (χ3v) is 7.31. The molecule has 0 aromatic heterocycles. The lowest BCUT2D eigenvalue weighted by molar-refractivity contribution is -0.000986. The quantitative estimate of drug-likeness (QED) is 0.492. The van der Waals surface area contributed by atoms with Gasteiger partial charge in [0, 0.05) is 43.7 Å². The lowest BCUT2D eigenvalue weighted by Gasteiger charge is -2.37. The van der Waals surface area contributed by atoms with Crippen LogP contribution >= 0.6 is 0 Å². The van der Waals surface area contributed by atoms with Gasteiger partial charge < -0.3 is 9.84 Å². The molecule has 1 amide bonds. The number of rotatable bonds is 5. The largest absolute Gasteiger partial charge is 0.478 e. The summed E-state index contributed by atoms with van der Waals surface area (Å²) >= 11 is 0. The Morgan fingerprint density at radius 2 is 1.67 bits per heavy atom. The molecule has 3 aromatic rings. The fourth-order valence-corrected chi connectivity index (χ4v) is 5.48. The molecule has 0 atom stereocenters. The number of amides is 1. The van der Waals surface area contributed by atoms with Gasteiger partial charge >= 0.3 is 12.1 Å². The van der Waals surface area contributed by atoms with Gasteiger partial charge in [-0.2, -0.15) is 0 Å². The molecule has 2 aliphatic heterocycles. The standard InChI is InChI=1S/C29H29FN2O4/c1-19-15-21(16-20(2)26(19)24-5-3-4-6-25(24)30)17-31-13-11-29(12-14-31)18-32(28(35)36-29)23-9-7-22(8-10-23)27(33)34/h3-10,15-16H,11-14,17-18H2,1-2H3,(H,33,34). The number of hydrogen-bond acceptors (Lipinski definition) is 4. The number of carboxylic acid groups (broad SMARTS) is 1. The zero-order valence-corrected chi connectivity index (χ0v) is 20.5. The molecule has 0 saturated carbocycles. The Labute approximate surface area is 209 Å². The maximum atomic E-state index is 14.4. The topological polar surface area (TPSA) is 70.1 Å². The van der Waals surface area contributed by atoms with E-state index >= 15 is 0 Å². The highest BCUT2D eigenvalue weighted by Gasteiger charge is 2.47. The molecule has 3 aromatic carbocycles. The van der Waals surface area contributed by atoms with E-state index in [1.54, 1.807) is 23.1 Å². The molecule has 0 bridgehead atoms. The second-order valence-electron chi connectivity index (χ2n) is 9.85. The summed E-state index contributed by atoms with van der Waals surface area (Å²) in [6.45, 7) is 6.89. The van der Waals surface area contributed by atoms with Crippen LogP contribution < -0.4 is 4.90 Å². The van der Waals surface area contributed by atoms with Crippen molar-refractivity contribution in [2.75, 3.05) is 24.5 Å². The van der Waals surface area contributed by atoms with Crippen molar-refractivity contribution >= 4 is 17.7 Å². The van der Waals surface area contributed by atoms with Crippen molar-refractivity contribution < 1.29 is 23.8 Å². The lowest BCUT2D eigenvalue weighted by Crippen LogP contribution is -2.46. The highest BCUT2D eigenvalue weighted by atomic mass is 19.1. The van der Waals surface area contributed by atoms with Gasteiger partial charge in [-0.25, -0.2) is 14.0 Å². The van der Waals surface area contributed by atoms with E-state index < -0.39 is 11.6 Å². The van der Waals surface area contributed by atoms with Gasteiger partial charge in [-0.05, 0) is 66.4 Å². The molecule has 0 aliphatic carbocycles. The van der Waals surface area contributed by atoms with Gasteiger partial charge in [-0.15, -0.1) is 0 Å². The van der Waals surface area contributed by atoms with Crippen molar-refractivity contribution in [3.8, 4) is 11.1 Å². The number of piperidine rings is 1. The summed E-state index contributed by atoms with van der Waals surface area (Å²) in [5.74, 6) is -1.21. The molecule has 7 heteroatoms. The summed E-state index contributed by atoms with van der Waals surface area (Å²) < 4.78 is 20.3. The van der Waals surface area contributed by atoms with E-state index in [0.717, 1.165) is 49.2 Å². The van der Waals surface area contributed by atoms with E-state index in [9.17, 15) is 14.0 Å². The van der Waals surface area contributed by atoms with Crippen LogP contribution in [0.3, 0.4) is 0 Å². The monoisotopic (exact) mass is 488 g/mol. The van der Waals surface area contributed by atoms with E-state index in [-0.39, 0.29) is 17.5 Å². The zero-order chi connectivity index (χ0) is 25.4. The fraction of sp³-hybridized carbons (Fsp3) is 0.310. The van der Waals surface area contributed by atoms with Gasteiger partial charge in [0.05, 0.1) is 12.1 Å². The Morgan fingerprint density at radius 1 is 1.03 bits per heavy atom. The SMILES string of the molecule is Cc1cc(CN2CCC3(CC2)CN(c2ccc(C(=O)O)cc2)C(=O)O3)cc(C)c1-c1ccccc1F. The molecule has 0 unspecified atom stereocenters. The first-order valence-corrected chi connectivity index (χ1v) is 12.2. The van der Waals surface area contributed by atoms with Gasteiger partial charge in [0.25, 0.3) is 0 Å². The van der Waals surface area contributed by atoms with Crippen LogP contribution in [0.15, 0.2) is 60.7 Å². The minimum Gasteiger partial charge on any atom is -0.478 e. The van der Waals surface area contributed by atoms with Gasteiger partial charge in [0.2, 0.25) is 0 Å². The summed E-state index contributed by atoms with van der Waals surface area (Å²) in [5.41, 5.74) is 5.17. The number of benzene rings is 3. The second-order valence-corrected chi connectivity index (χ2v) is 9.85. The molecule has 0 radical (unpaired) electrons. The number of aryl methyl sites for hydroxylation is 2. The molecule has 2 saturated heterocycles. The molecular weight excluding hydrogens is 459 g/mol. The zero-order valence-electron chi connectivity index (χ0n) is 20.5. The second kappa shape index (κ2) is 9.39. The van der Waals surface area contributed by atoms with Gasteiger partial charge in [0.1, 0.15) is 11.4 Å². The Balaban J connectivity index is 1.24. The molecule has 2 aliphatic rings. The Bertz CT molecular complexity index is 1290. The number of carbonyl (C=O) groups is 2. The first kappa shape index (κ1) is 24.0. The summed E-state index contributed by atoms with van der Waals surface area (Å²) in [6.07, 6.45) is 1.07. The van der Waals surface area contributed by atoms with Crippen LogP contribution in [0.2, 0.25) is 0 Å². The van der Waals surface area contributed by atoms with Gasteiger partial charge in [-0.1, -0.05) is 30.3 Å². The molecule has 2 fully saturated rings. The number of hydrogen-bond donors (Lipinski definition) is 1. The lowest BCUT2D eigenvalue weighted by atomic mass is 9.90. The van der Waals surface area contributed by atoms with E-state index in [2.05, 4.69) is 17.0 Å². The molecule has 186 valence electrons. The molecule has 5 rings (SSSR count). The third kappa shape index (κ3) is 4.58. The third-order valence-electron chi connectivity index (χ3n) is 7.31. The summed E-state index contributed by atoms with van der Waals surface area (Å²) in [6, 6.07) is 17.4. The minimum atomic E-state index is -0.998. The Kier molecular flexibility index (Phi) is 6.26. The van der Waals surface area contributed by atoms with E-state index in [0.29, 0.717) is 17.8 Å². The first-order chi connectivity index (χ1) is 17.2. The van der Waals surface area contributed by atoms with Crippen LogP contribution in [0.5, 0.6) is 0 Å². The summed E-state index contributed by atoms with van der Waals surface area (Å²) in [4.78, 5) is 27.7. The number of anilines is 1. The summed E-state index contributed by atoms with van der Waals surface area (Å²) in [7, 11) is 0. The highest BCUT2D eigenvalue weighted by Crippen LogP contribution is 2.37. The smallest absolute Gasteiger partial charge is 0.415 e. The summed E-state index contributed by atoms with van der Waals surface area (Å²) in [5, 5.41) is 9.10. The number of likely N-dealkylation sites (tertiary alicyclic amines) is 1. The van der Waals surface area contributed by atoms with Crippen LogP contribution in [-0.2, 0) is 11.3 Å². The molecule has 1 spiro atoms. The van der Waals surface area contributed by atoms with Crippen molar-refractivity contribution in [1.29, 1.82) is 0 Å². The molecule has 36 heavy (non-hydrogen) atoms. The maximum Gasteiger partial charge on any atom is 0.415 e. The van der Waals surface area contributed by atoms with Crippen molar-refractivity contribution in [1.82, 2.24) is 4.90 Å². The first-order valence-electron chi connectivity index (χ1n) is 12.2. The predicted octanol–water partition coefficient (Wildman–Crippen LogP) is 5.80. The number of carbonyl (C=O) groups excluding carboxylic acids is 1. The Hall–Kier alpha value is -3.71. The highest BCUT2D eigenvalue weighted by molar-refractivity contribution is 5.92. The van der Waals surface area contributed by atoms with Crippen molar-refractivity contribution in [2.45, 2.75) is 38.8 Å². The fourth-order valence-electron chi connectivity index (χ4n) is 5.48. The van der Waals surface area contributed by atoms with Crippen molar-refractivity contribution in [3.63, 3.8) is 0 Å². The van der Waals surface area contributed by atoms with Crippen molar-refractivity contribution in [2.24, 2.45) is 0 Å². The van der Waals surface area contributed by atoms with Gasteiger partial charge in [0.15, 0.2) is 0 Å². The molecule has 1 N–H and O–H groups in total. The number of nitrogens with zero attached hydrogens (tertiary/aromatic N) is 2. The average Bonchev–Trinajstić information content (AvgIpc) is 3.17. The van der Waals surface area contributed by atoms with E-state index in [1.165, 1.54) is 23.8 Å². The minimum absolute atomic E-state index is 0.182. The molecule has 2 heterocycles. The Morgan fingerprint density at radius 3 is 2.28 bits per heavy atom.